The lowest BCUT2D eigenvalue weighted by Gasteiger charge is -2.32. The van der Waals surface area contributed by atoms with Crippen LogP contribution in [0, 0.1) is 0 Å². The molecule has 1 N–H and O–H groups in total. The predicted octanol–water partition coefficient (Wildman–Crippen LogP) is 5.04. The number of hydrogen-bond acceptors (Lipinski definition) is 5. The normalized spacial score (nSPS) is 18.9. The average molecular weight is 474 g/mol. The molecule has 9 heteroatoms. The molecule has 1 saturated heterocycles. The number of nitrogens with zero attached hydrogens (tertiary/aromatic N) is 1. The largest absolute Gasteiger partial charge is 0.492 e. The quantitative estimate of drug-likeness (QED) is 0.490. The summed E-state index contributed by atoms with van der Waals surface area (Å²) in [5, 5.41) is 3.10. The molecule has 154 valence electrons. The van der Waals surface area contributed by atoms with Crippen LogP contribution in [0.2, 0.25) is 5.15 Å². The van der Waals surface area contributed by atoms with Crippen LogP contribution in [0.1, 0.15) is 54.0 Å². The second-order valence-corrected chi connectivity index (χ2v) is 9.97. The number of carbonyl (C=O) groups excluding carboxylic acids is 1. The fraction of sp³-hybridized carbons (Fsp3) is 0.579. The van der Waals surface area contributed by atoms with E-state index in [2.05, 4.69) is 26.2 Å². The van der Waals surface area contributed by atoms with Gasteiger partial charge >= 0.3 is 13.2 Å². The smallest absolute Gasteiger partial charge is 0.444 e. The fourth-order valence-corrected chi connectivity index (χ4v) is 2.93. The molecule has 1 aromatic heterocycles. The van der Waals surface area contributed by atoms with Crippen molar-refractivity contribution in [3.63, 3.8) is 0 Å². The Bertz CT molecular complexity index is 762. The van der Waals surface area contributed by atoms with E-state index in [0.717, 1.165) is 4.47 Å². The molecule has 2 heterocycles. The first kappa shape index (κ1) is 23.2. The monoisotopic (exact) mass is 472 g/mol. The average Bonchev–Trinajstić information content (AvgIpc) is 2.73. The molecule has 0 radical (unpaired) electrons. The number of pyridine rings is 1. The van der Waals surface area contributed by atoms with E-state index in [9.17, 15) is 4.79 Å². The van der Waals surface area contributed by atoms with E-state index in [1.807, 2.05) is 60.6 Å². The van der Waals surface area contributed by atoms with Crippen LogP contribution >= 0.6 is 27.5 Å². The second kappa shape index (κ2) is 8.34. The highest BCUT2D eigenvalue weighted by molar-refractivity contribution is 9.10. The third kappa shape index (κ3) is 5.96. The maximum absolute atomic E-state index is 12.1. The van der Waals surface area contributed by atoms with E-state index in [0.29, 0.717) is 16.2 Å². The molecular formula is C19H27BBrClN2O4. The number of aromatic nitrogens is 1. The van der Waals surface area contributed by atoms with Crippen LogP contribution in [-0.4, -0.2) is 41.5 Å². The number of hydrogen-bond donors (Lipinski definition) is 1. The zero-order chi connectivity index (χ0) is 21.3. The lowest BCUT2D eigenvalue weighted by Crippen LogP contribution is -2.41. The minimum Gasteiger partial charge on any atom is -0.444 e. The van der Waals surface area contributed by atoms with E-state index < -0.39 is 30.0 Å². The van der Waals surface area contributed by atoms with Crippen molar-refractivity contribution in [2.75, 3.05) is 6.54 Å². The summed E-state index contributed by atoms with van der Waals surface area (Å²) in [6, 6.07) is 1.84. The SMILES string of the molecule is CC(C)(C)OC(=O)NCC(=Cc1cc(Br)cnc1Cl)B1OC(C)(C)C(C)(C)O1. The van der Waals surface area contributed by atoms with Gasteiger partial charge in [-0.3, -0.25) is 0 Å². The molecule has 1 fully saturated rings. The van der Waals surface area contributed by atoms with E-state index in [1.54, 1.807) is 6.20 Å². The molecule has 0 bridgehead atoms. The molecule has 1 aliphatic heterocycles. The molecule has 0 unspecified atom stereocenters. The van der Waals surface area contributed by atoms with E-state index in [4.69, 9.17) is 25.6 Å². The number of amides is 1. The molecule has 1 aromatic rings. The highest BCUT2D eigenvalue weighted by Crippen LogP contribution is 2.39. The highest BCUT2D eigenvalue weighted by Gasteiger charge is 2.52. The summed E-state index contributed by atoms with van der Waals surface area (Å²) in [4.78, 5) is 16.3. The Labute approximate surface area is 180 Å². The third-order valence-corrected chi connectivity index (χ3v) is 5.31. The topological polar surface area (TPSA) is 69.7 Å². The summed E-state index contributed by atoms with van der Waals surface area (Å²) in [6.45, 7) is 13.5. The molecule has 1 amide bonds. The number of ether oxygens (including phenoxy) is 1. The van der Waals surface area contributed by atoms with Crippen molar-refractivity contribution in [2.24, 2.45) is 0 Å². The molecule has 0 aliphatic carbocycles. The zero-order valence-electron chi connectivity index (χ0n) is 17.4. The van der Waals surface area contributed by atoms with Gasteiger partial charge in [-0.1, -0.05) is 17.7 Å². The van der Waals surface area contributed by atoms with Crippen LogP contribution in [0.3, 0.4) is 0 Å². The van der Waals surface area contributed by atoms with Crippen molar-refractivity contribution in [1.82, 2.24) is 10.3 Å². The molecule has 0 saturated carbocycles. The zero-order valence-corrected chi connectivity index (χ0v) is 19.7. The van der Waals surface area contributed by atoms with Gasteiger partial charge in [0.1, 0.15) is 10.8 Å². The van der Waals surface area contributed by atoms with Gasteiger partial charge in [0.05, 0.1) is 11.2 Å². The first-order chi connectivity index (χ1) is 12.7. The van der Waals surface area contributed by atoms with Gasteiger partial charge in [-0.2, -0.15) is 0 Å². The van der Waals surface area contributed by atoms with Crippen LogP contribution in [0.15, 0.2) is 22.2 Å². The Morgan fingerprint density at radius 3 is 2.43 bits per heavy atom. The summed E-state index contributed by atoms with van der Waals surface area (Å²) < 4.78 is 18.4. The van der Waals surface area contributed by atoms with Gasteiger partial charge in [0.25, 0.3) is 0 Å². The van der Waals surface area contributed by atoms with Gasteiger partial charge in [-0.25, -0.2) is 9.78 Å². The third-order valence-electron chi connectivity index (χ3n) is 4.57. The Balaban J connectivity index is 2.30. The number of halogens is 2. The van der Waals surface area contributed by atoms with Gasteiger partial charge in [0, 0.05) is 22.8 Å². The second-order valence-electron chi connectivity index (χ2n) is 8.70. The summed E-state index contributed by atoms with van der Waals surface area (Å²) >= 11 is 9.64. The maximum Gasteiger partial charge on any atom is 0.492 e. The van der Waals surface area contributed by atoms with Crippen molar-refractivity contribution >= 4 is 46.8 Å². The van der Waals surface area contributed by atoms with Gasteiger partial charge in [-0.05, 0) is 75.9 Å². The molecule has 0 atom stereocenters. The fourth-order valence-electron chi connectivity index (χ4n) is 2.42. The summed E-state index contributed by atoms with van der Waals surface area (Å²) in [7, 11) is -0.644. The minimum absolute atomic E-state index is 0.175. The minimum atomic E-state index is -0.644. The van der Waals surface area contributed by atoms with Gasteiger partial charge in [0.2, 0.25) is 0 Å². The van der Waals surface area contributed by atoms with Crippen molar-refractivity contribution in [3.05, 3.63) is 32.9 Å². The Kier molecular flexibility index (Phi) is 6.91. The van der Waals surface area contributed by atoms with E-state index in [-0.39, 0.29) is 6.54 Å². The number of alkyl carbamates (subject to hydrolysis) is 1. The van der Waals surface area contributed by atoms with Crippen LogP contribution in [0.4, 0.5) is 4.79 Å². The number of nitrogens with one attached hydrogen (secondary N) is 1. The van der Waals surface area contributed by atoms with Gasteiger partial charge in [0.15, 0.2) is 0 Å². The molecular weight excluding hydrogens is 446 g/mol. The van der Waals surface area contributed by atoms with Crippen LogP contribution < -0.4 is 5.32 Å². The molecule has 0 spiro atoms. The highest BCUT2D eigenvalue weighted by atomic mass is 79.9. The summed E-state index contributed by atoms with van der Waals surface area (Å²) in [6.07, 6.45) is 2.92. The lowest BCUT2D eigenvalue weighted by atomic mass is 9.77. The van der Waals surface area contributed by atoms with E-state index >= 15 is 0 Å². The number of rotatable bonds is 4. The molecule has 2 rings (SSSR count). The molecule has 1 aliphatic rings. The van der Waals surface area contributed by atoms with Crippen LogP contribution in [-0.2, 0) is 14.0 Å². The molecule has 0 aromatic carbocycles. The maximum atomic E-state index is 12.1. The number of carbonyl (C=O) groups is 1. The van der Waals surface area contributed by atoms with Crippen LogP contribution in [0.25, 0.3) is 6.08 Å². The Morgan fingerprint density at radius 1 is 1.32 bits per heavy atom. The van der Waals surface area contributed by atoms with Crippen LogP contribution in [0.5, 0.6) is 0 Å². The molecule has 6 nitrogen and oxygen atoms in total. The Morgan fingerprint density at radius 2 is 1.89 bits per heavy atom. The van der Waals surface area contributed by atoms with Crippen molar-refractivity contribution in [2.45, 2.75) is 65.3 Å². The van der Waals surface area contributed by atoms with Crippen molar-refractivity contribution in [3.8, 4) is 0 Å². The van der Waals surface area contributed by atoms with E-state index in [1.165, 1.54) is 0 Å². The predicted molar refractivity (Wildman–Crippen MR) is 115 cm³/mol. The summed E-state index contributed by atoms with van der Waals surface area (Å²) in [5.74, 6) is 0. The molecule has 28 heavy (non-hydrogen) atoms. The first-order valence-corrected chi connectivity index (χ1v) is 10.2. The van der Waals surface area contributed by atoms with Crippen molar-refractivity contribution < 1.29 is 18.8 Å². The van der Waals surface area contributed by atoms with Crippen molar-refractivity contribution in [1.29, 1.82) is 0 Å². The van der Waals surface area contributed by atoms with Gasteiger partial charge < -0.3 is 19.4 Å². The lowest BCUT2D eigenvalue weighted by molar-refractivity contribution is 0.00578. The van der Waals surface area contributed by atoms with Gasteiger partial charge in [-0.15, -0.1) is 0 Å². The summed E-state index contributed by atoms with van der Waals surface area (Å²) in [5.41, 5.74) is -0.224. The standard InChI is InChI=1S/C19H27BBrClN2O4/c1-17(2,3)26-16(25)24-10-13(8-12-9-14(21)11-23-15(12)22)20-27-18(4,5)19(6,7)28-20/h8-9,11H,10H2,1-7H3,(H,24,25). The first-order valence-electron chi connectivity index (χ1n) is 9.04. The Hall–Kier alpha value is -1.09.